The summed E-state index contributed by atoms with van der Waals surface area (Å²) in [6.45, 7) is 4.62. The van der Waals surface area contributed by atoms with Gasteiger partial charge in [0, 0.05) is 6.54 Å². The van der Waals surface area contributed by atoms with Gasteiger partial charge in [0.15, 0.2) is 0 Å². The number of aliphatic hydroxyl groups is 1. The van der Waals surface area contributed by atoms with Crippen LogP contribution in [0.25, 0.3) is 0 Å². The average Bonchev–Trinajstić information content (AvgIpc) is 2.01. The van der Waals surface area contributed by atoms with Crippen LogP contribution in [0.4, 0.5) is 13.2 Å². The summed E-state index contributed by atoms with van der Waals surface area (Å²) in [6.07, 6.45) is -3.10. The maximum atomic E-state index is 12.2. The molecule has 0 aliphatic carbocycles. The molecule has 0 saturated heterocycles. The molecule has 0 saturated carbocycles. The molecule has 0 rings (SSSR count). The van der Waals surface area contributed by atoms with Gasteiger partial charge in [0.25, 0.3) is 0 Å². The van der Waals surface area contributed by atoms with Crippen molar-refractivity contribution >= 4 is 0 Å². The highest BCUT2D eigenvalue weighted by Crippen LogP contribution is 2.19. The maximum absolute atomic E-state index is 12.2. The van der Waals surface area contributed by atoms with Gasteiger partial charge in [-0.2, -0.15) is 13.2 Å². The Kier molecular flexibility index (Phi) is 5.59. The Balaban J connectivity index is 4.28. The number of hydrogen-bond donors (Lipinski definition) is 1. The van der Waals surface area contributed by atoms with E-state index in [-0.39, 0.29) is 6.54 Å². The molecule has 0 aromatic rings. The molecule has 2 nitrogen and oxygen atoms in total. The minimum absolute atomic E-state index is 0.0663. The third-order valence-corrected chi connectivity index (χ3v) is 2.27. The highest BCUT2D eigenvalue weighted by atomic mass is 19.4. The highest BCUT2D eigenvalue weighted by molar-refractivity contribution is 4.77. The van der Waals surface area contributed by atoms with Gasteiger partial charge in [0.2, 0.25) is 0 Å². The van der Waals surface area contributed by atoms with E-state index in [2.05, 4.69) is 0 Å². The normalized spacial score (nSPS) is 16.8. The van der Waals surface area contributed by atoms with E-state index in [9.17, 15) is 18.3 Å². The van der Waals surface area contributed by atoms with Gasteiger partial charge < -0.3 is 5.11 Å². The first-order valence-electron chi connectivity index (χ1n) is 5.21. The first kappa shape index (κ1) is 14.7. The summed E-state index contributed by atoms with van der Waals surface area (Å²) in [5.74, 6) is 0. The van der Waals surface area contributed by atoms with Crippen molar-refractivity contribution in [1.82, 2.24) is 4.90 Å². The molecule has 15 heavy (non-hydrogen) atoms. The highest BCUT2D eigenvalue weighted by Gasteiger charge is 2.32. The van der Waals surface area contributed by atoms with E-state index in [0.717, 1.165) is 0 Å². The van der Waals surface area contributed by atoms with Crippen LogP contribution in [0.3, 0.4) is 0 Å². The topological polar surface area (TPSA) is 23.5 Å². The molecule has 0 spiro atoms. The van der Waals surface area contributed by atoms with Crippen molar-refractivity contribution in [3.05, 3.63) is 0 Å². The number of hydrogen-bond acceptors (Lipinski definition) is 2. The maximum Gasteiger partial charge on any atom is 0.401 e. The minimum Gasteiger partial charge on any atom is -0.389 e. The van der Waals surface area contributed by atoms with Crippen LogP contribution in [0, 0.1) is 0 Å². The van der Waals surface area contributed by atoms with Crippen molar-refractivity contribution in [2.24, 2.45) is 0 Å². The fraction of sp³-hybridized carbons (Fsp3) is 1.00. The zero-order chi connectivity index (χ0) is 12.1. The summed E-state index contributed by atoms with van der Waals surface area (Å²) >= 11 is 0. The molecule has 0 radical (unpaired) electrons. The van der Waals surface area contributed by atoms with Gasteiger partial charge in [0.05, 0.1) is 12.1 Å². The molecule has 1 atom stereocenters. The van der Waals surface area contributed by atoms with E-state index in [1.807, 2.05) is 6.92 Å². The number of nitrogens with zero attached hydrogens (tertiary/aromatic N) is 1. The Labute approximate surface area is 89.1 Å². The zero-order valence-corrected chi connectivity index (χ0v) is 9.56. The second kappa shape index (κ2) is 5.70. The molecule has 0 fully saturated rings. The third-order valence-electron chi connectivity index (χ3n) is 2.27. The molecule has 0 aliphatic rings. The third kappa shape index (κ3) is 7.62. The predicted octanol–water partition coefficient (Wildman–Crippen LogP) is 2.42. The summed E-state index contributed by atoms with van der Waals surface area (Å²) in [4.78, 5) is 1.25. The van der Waals surface area contributed by atoms with Crippen LogP contribution in [-0.2, 0) is 0 Å². The number of alkyl halides is 3. The lowest BCUT2D eigenvalue weighted by molar-refractivity contribution is -0.151. The molecule has 0 aliphatic heterocycles. The van der Waals surface area contributed by atoms with Crippen LogP contribution in [0.5, 0.6) is 0 Å². The van der Waals surface area contributed by atoms with E-state index in [0.29, 0.717) is 19.4 Å². The van der Waals surface area contributed by atoms with Gasteiger partial charge in [0.1, 0.15) is 0 Å². The Morgan fingerprint density at radius 2 is 1.67 bits per heavy atom. The van der Waals surface area contributed by atoms with Crippen LogP contribution >= 0.6 is 0 Å². The first-order valence-corrected chi connectivity index (χ1v) is 5.21. The van der Waals surface area contributed by atoms with Crippen LogP contribution in [-0.4, -0.2) is 41.4 Å². The van der Waals surface area contributed by atoms with Crippen molar-refractivity contribution in [2.75, 3.05) is 19.6 Å². The standard InChI is InChI=1S/C10H20F3NO/c1-4-6-14(8-10(11,12)13)7-9(3,15)5-2/h15H,4-8H2,1-3H3. The van der Waals surface area contributed by atoms with E-state index >= 15 is 0 Å². The fourth-order valence-electron chi connectivity index (χ4n) is 1.38. The summed E-state index contributed by atoms with van der Waals surface area (Å²) < 4.78 is 36.6. The Morgan fingerprint density at radius 1 is 1.13 bits per heavy atom. The number of halogens is 3. The second-order valence-corrected chi connectivity index (χ2v) is 4.18. The van der Waals surface area contributed by atoms with E-state index in [1.54, 1.807) is 13.8 Å². The summed E-state index contributed by atoms with van der Waals surface area (Å²) in [6, 6.07) is 0. The van der Waals surface area contributed by atoms with Gasteiger partial charge in [-0.25, -0.2) is 0 Å². The largest absolute Gasteiger partial charge is 0.401 e. The molecule has 92 valence electrons. The van der Waals surface area contributed by atoms with Gasteiger partial charge >= 0.3 is 6.18 Å². The molecular weight excluding hydrogens is 207 g/mol. The van der Waals surface area contributed by atoms with E-state index in [1.165, 1.54) is 4.90 Å². The predicted molar refractivity (Wildman–Crippen MR) is 53.7 cm³/mol. The lowest BCUT2D eigenvalue weighted by Crippen LogP contribution is -2.44. The lowest BCUT2D eigenvalue weighted by Gasteiger charge is -2.31. The quantitative estimate of drug-likeness (QED) is 0.753. The second-order valence-electron chi connectivity index (χ2n) is 4.18. The molecular formula is C10H20F3NO. The smallest absolute Gasteiger partial charge is 0.389 e. The molecule has 0 heterocycles. The summed E-state index contributed by atoms with van der Waals surface area (Å²) in [5.41, 5.74) is -1.04. The molecule has 0 amide bonds. The lowest BCUT2D eigenvalue weighted by atomic mass is 10.0. The minimum atomic E-state index is -4.20. The van der Waals surface area contributed by atoms with Gasteiger partial charge in [-0.05, 0) is 26.3 Å². The van der Waals surface area contributed by atoms with Crippen LogP contribution in [0.1, 0.15) is 33.6 Å². The first-order chi connectivity index (χ1) is 6.70. The molecule has 5 heteroatoms. The van der Waals surface area contributed by atoms with Crippen molar-refractivity contribution < 1.29 is 18.3 Å². The average molecular weight is 227 g/mol. The molecule has 0 aromatic heterocycles. The molecule has 0 bridgehead atoms. The Morgan fingerprint density at radius 3 is 2.00 bits per heavy atom. The number of rotatable bonds is 6. The van der Waals surface area contributed by atoms with E-state index < -0.39 is 18.3 Å². The van der Waals surface area contributed by atoms with Gasteiger partial charge in [-0.1, -0.05) is 13.8 Å². The summed E-state index contributed by atoms with van der Waals surface area (Å²) in [7, 11) is 0. The van der Waals surface area contributed by atoms with Crippen LogP contribution in [0.2, 0.25) is 0 Å². The fourth-order valence-corrected chi connectivity index (χ4v) is 1.38. The summed E-state index contributed by atoms with van der Waals surface area (Å²) in [5, 5.41) is 9.71. The molecule has 1 unspecified atom stereocenters. The van der Waals surface area contributed by atoms with Crippen molar-refractivity contribution in [1.29, 1.82) is 0 Å². The van der Waals surface area contributed by atoms with Gasteiger partial charge in [-0.15, -0.1) is 0 Å². The van der Waals surface area contributed by atoms with Crippen LogP contribution < -0.4 is 0 Å². The Bertz CT molecular complexity index is 180. The van der Waals surface area contributed by atoms with Gasteiger partial charge in [-0.3, -0.25) is 4.90 Å². The van der Waals surface area contributed by atoms with Crippen molar-refractivity contribution in [2.45, 2.75) is 45.4 Å². The zero-order valence-electron chi connectivity index (χ0n) is 9.56. The monoisotopic (exact) mass is 227 g/mol. The van der Waals surface area contributed by atoms with Crippen molar-refractivity contribution in [3.63, 3.8) is 0 Å². The Hall–Kier alpha value is -0.290. The van der Waals surface area contributed by atoms with E-state index in [4.69, 9.17) is 0 Å². The molecule has 1 N–H and O–H groups in total. The molecule has 0 aromatic carbocycles. The SMILES string of the molecule is CCCN(CC(F)(F)F)CC(C)(O)CC. The van der Waals surface area contributed by atoms with Crippen molar-refractivity contribution in [3.8, 4) is 0 Å². The van der Waals surface area contributed by atoms with Crippen LogP contribution in [0.15, 0.2) is 0 Å².